The van der Waals surface area contributed by atoms with E-state index in [2.05, 4.69) is 49.4 Å². The Hall–Kier alpha value is -1.81. The van der Waals surface area contributed by atoms with Gasteiger partial charge in [0.1, 0.15) is 0 Å². The maximum atomic E-state index is 9.01. The van der Waals surface area contributed by atoms with Crippen LogP contribution in [0.3, 0.4) is 0 Å². The summed E-state index contributed by atoms with van der Waals surface area (Å²) in [5.74, 6) is 0.130. The van der Waals surface area contributed by atoms with E-state index in [1.165, 1.54) is 16.3 Å². The van der Waals surface area contributed by atoms with E-state index in [4.69, 9.17) is 5.26 Å². The Morgan fingerprint density at radius 1 is 1.12 bits per heavy atom. The van der Waals surface area contributed by atoms with Crippen LogP contribution in [0.2, 0.25) is 0 Å². The molecule has 16 heavy (non-hydrogen) atoms. The fourth-order valence-corrected chi connectivity index (χ4v) is 2.02. The second-order valence-electron chi connectivity index (χ2n) is 4.08. The number of nitrogens with zero attached hydrogens (tertiary/aromatic N) is 1. The summed E-state index contributed by atoms with van der Waals surface area (Å²) in [5.41, 5.74) is 1.28. The molecule has 0 saturated carbocycles. The van der Waals surface area contributed by atoms with E-state index in [0.717, 1.165) is 12.8 Å². The first kappa shape index (κ1) is 10.7. The summed E-state index contributed by atoms with van der Waals surface area (Å²) in [6.07, 6.45) is 1.77. The third-order valence-electron chi connectivity index (χ3n) is 3.02. The maximum Gasteiger partial charge on any atom is 0.0659 e. The van der Waals surface area contributed by atoms with Crippen LogP contribution in [0.4, 0.5) is 0 Å². The largest absolute Gasteiger partial charge is 0.198 e. The molecule has 0 bridgehead atoms. The number of benzene rings is 2. The van der Waals surface area contributed by atoms with E-state index in [9.17, 15) is 0 Å². The molecule has 1 unspecified atom stereocenters. The van der Waals surface area contributed by atoms with Crippen molar-refractivity contribution >= 4 is 10.8 Å². The SMILES string of the molecule is CCC(C#N)Cc1cccc2ccccc12. The van der Waals surface area contributed by atoms with Crippen LogP contribution < -0.4 is 0 Å². The predicted octanol–water partition coefficient (Wildman–Crippen LogP) is 3.93. The summed E-state index contributed by atoms with van der Waals surface area (Å²) in [5, 5.41) is 11.5. The molecule has 0 aromatic heterocycles. The third-order valence-corrected chi connectivity index (χ3v) is 3.02. The average Bonchev–Trinajstić information content (AvgIpc) is 2.36. The molecule has 1 heteroatoms. The summed E-state index contributed by atoms with van der Waals surface area (Å²) in [6, 6.07) is 17.0. The minimum Gasteiger partial charge on any atom is -0.198 e. The quantitative estimate of drug-likeness (QED) is 0.751. The zero-order valence-corrected chi connectivity index (χ0v) is 9.48. The van der Waals surface area contributed by atoms with Crippen LogP contribution in [0, 0.1) is 17.2 Å². The monoisotopic (exact) mass is 209 g/mol. The van der Waals surface area contributed by atoms with Gasteiger partial charge < -0.3 is 0 Å². The molecule has 0 aliphatic heterocycles. The molecule has 0 N–H and O–H groups in total. The van der Waals surface area contributed by atoms with Crippen LogP contribution >= 0.6 is 0 Å². The van der Waals surface area contributed by atoms with E-state index in [1.807, 2.05) is 6.07 Å². The normalized spacial score (nSPS) is 12.2. The van der Waals surface area contributed by atoms with Crippen molar-refractivity contribution in [2.24, 2.45) is 5.92 Å². The van der Waals surface area contributed by atoms with Gasteiger partial charge in [-0.1, -0.05) is 49.4 Å². The second kappa shape index (κ2) is 4.81. The Bertz CT molecular complexity index is 517. The molecule has 2 aromatic rings. The van der Waals surface area contributed by atoms with E-state index >= 15 is 0 Å². The van der Waals surface area contributed by atoms with Gasteiger partial charge in [0.25, 0.3) is 0 Å². The topological polar surface area (TPSA) is 23.8 Å². The zero-order chi connectivity index (χ0) is 11.4. The molecular weight excluding hydrogens is 194 g/mol. The van der Waals surface area contributed by atoms with Gasteiger partial charge in [0.2, 0.25) is 0 Å². The van der Waals surface area contributed by atoms with Crippen LogP contribution in [0.1, 0.15) is 18.9 Å². The van der Waals surface area contributed by atoms with Crippen LogP contribution in [0.25, 0.3) is 10.8 Å². The lowest BCUT2D eigenvalue weighted by Crippen LogP contribution is -2.00. The summed E-state index contributed by atoms with van der Waals surface area (Å²) >= 11 is 0. The fourth-order valence-electron chi connectivity index (χ4n) is 2.02. The molecule has 0 aliphatic carbocycles. The second-order valence-corrected chi connectivity index (χ2v) is 4.08. The van der Waals surface area contributed by atoms with Crippen molar-refractivity contribution in [3.05, 3.63) is 48.0 Å². The number of fused-ring (bicyclic) bond motifs is 1. The van der Waals surface area contributed by atoms with Gasteiger partial charge in [-0.3, -0.25) is 0 Å². The standard InChI is InChI=1S/C15H15N/c1-2-12(11-16)10-14-8-5-7-13-6-3-4-9-15(13)14/h3-9,12H,2,10H2,1H3. The van der Waals surface area contributed by atoms with Gasteiger partial charge in [-0.25, -0.2) is 0 Å². The van der Waals surface area contributed by atoms with Crippen molar-refractivity contribution in [2.75, 3.05) is 0 Å². The minimum atomic E-state index is 0.130. The molecule has 1 nitrogen and oxygen atoms in total. The molecule has 1 atom stereocenters. The highest BCUT2D eigenvalue weighted by molar-refractivity contribution is 5.85. The van der Waals surface area contributed by atoms with Gasteiger partial charge in [0.05, 0.1) is 12.0 Å². The first-order valence-electron chi connectivity index (χ1n) is 5.71. The molecule has 2 aromatic carbocycles. The molecule has 0 radical (unpaired) electrons. The van der Waals surface area contributed by atoms with Gasteiger partial charge in [-0.05, 0) is 29.2 Å². The maximum absolute atomic E-state index is 9.01. The first-order valence-corrected chi connectivity index (χ1v) is 5.71. The van der Waals surface area contributed by atoms with E-state index in [-0.39, 0.29) is 5.92 Å². The van der Waals surface area contributed by atoms with Crippen molar-refractivity contribution < 1.29 is 0 Å². The molecule has 0 spiro atoms. The summed E-state index contributed by atoms with van der Waals surface area (Å²) in [7, 11) is 0. The van der Waals surface area contributed by atoms with Gasteiger partial charge in [0.15, 0.2) is 0 Å². The Kier molecular flexibility index (Phi) is 3.22. The van der Waals surface area contributed by atoms with Crippen LogP contribution in [-0.4, -0.2) is 0 Å². The lowest BCUT2D eigenvalue weighted by molar-refractivity contribution is 0.641. The van der Waals surface area contributed by atoms with Crippen molar-refractivity contribution in [3.8, 4) is 6.07 Å². The Morgan fingerprint density at radius 2 is 1.88 bits per heavy atom. The van der Waals surface area contributed by atoms with Gasteiger partial charge in [-0.2, -0.15) is 5.26 Å². The summed E-state index contributed by atoms with van der Waals surface area (Å²) in [4.78, 5) is 0. The van der Waals surface area contributed by atoms with Crippen LogP contribution in [0.5, 0.6) is 0 Å². The number of nitriles is 1. The molecule has 2 rings (SSSR count). The van der Waals surface area contributed by atoms with Gasteiger partial charge >= 0.3 is 0 Å². The molecule has 0 fully saturated rings. The number of rotatable bonds is 3. The fraction of sp³-hybridized carbons (Fsp3) is 0.267. The van der Waals surface area contributed by atoms with E-state index in [1.54, 1.807) is 0 Å². The molecule has 0 saturated heterocycles. The molecule has 0 aliphatic rings. The zero-order valence-electron chi connectivity index (χ0n) is 9.48. The third kappa shape index (κ3) is 2.06. The van der Waals surface area contributed by atoms with E-state index < -0.39 is 0 Å². The molecule has 0 amide bonds. The van der Waals surface area contributed by atoms with Crippen molar-refractivity contribution in [1.82, 2.24) is 0 Å². The predicted molar refractivity (Wildman–Crippen MR) is 67.0 cm³/mol. The Labute approximate surface area is 96.3 Å². The smallest absolute Gasteiger partial charge is 0.0659 e. The molecular formula is C15H15N. The number of hydrogen-bond donors (Lipinski definition) is 0. The summed E-state index contributed by atoms with van der Waals surface area (Å²) in [6.45, 7) is 2.07. The van der Waals surface area contributed by atoms with Crippen LogP contribution in [-0.2, 0) is 6.42 Å². The highest BCUT2D eigenvalue weighted by atomic mass is 14.3. The minimum absolute atomic E-state index is 0.130. The van der Waals surface area contributed by atoms with Crippen molar-refractivity contribution in [2.45, 2.75) is 19.8 Å². The Morgan fingerprint density at radius 3 is 2.62 bits per heavy atom. The van der Waals surface area contributed by atoms with Gasteiger partial charge in [-0.15, -0.1) is 0 Å². The van der Waals surface area contributed by atoms with Crippen molar-refractivity contribution in [1.29, 1.82) is 5.26 Å². The lowest BCUT2D eigenvalue weighted by atomic mass is 9.94. The van der Waals surface area contributed by atoms with Crippen LogP contribution in [0.15, 0.2) is 42.5 Å². The highest BCUT2D eigenvalue weighted by Gasteiger charge is 2.07. The number of hydrogen-bond acceptors (Lipinski definition) is 1. The highest BCUT2D eigenvalue weighted by Crippen LogP contribution is 2.21. The Balaban J connectivity index is 2.41. The van der Waals surface area contributed by atoms with Gasteiger partial charge in [0, 0.05) is 0 Å². The molecule has 0 heterocycles. The summed E-state index contributed by atoms with van der Waals surface area (Å²) < 4.78 is 0. The molecule has 80 valence electrons. The van der Waals surface area contributed by atoms with E-state index in [0.29, 0.717) is 0 Å². The average molecular weight is 209 g/mol. The van der Waals surface area contributed by atoms with Crippen molar-refractivity contribution in [3.63, 3.8) is 0 Å². The first-order chi connectivity index (χ1) is 7.85. The lowest BCUT2D eigenvalue weighted by Gasteiger charge is -2.09.